The van der Waals surface area contributed by atoms with Gasteiger partial charge in [0.2, 0.25) is 0 Å². The molecule has 0 aliphatic heterocycles. The normalized spacial score (nSPS) is 12.7. The predicted molar refractivity (Wildman–Crippen MR) is 55.5 cm³/mol. The minimum atomic E-state index is -1.94. The molecule has 0 spiro atoms. The second kappa shape index (κ2) is 5.24. The molecule has 0 unspecified atom stereocenters. The largest absolute Gasteiger partial charge is 0.493 e. The molecule has 0 aliphatic rings. The third-order valence-corrected chi connectivity index (χ3v) is 1.83. The summed E-state index contributed by atoms with van der Waals surface area (Å²) in [7, 11) is 2.91. The van der Waals surface area contributed by atoms with Crippen LogP contribution in [0.4, 0.5) is 0 Å². The van der Waals surface area contributed by atoms with Crippen LogP contribution in [0.3, 0.4) is 0 Å². The van der Waals surface area contributed by atoms with E-state index in [-0.39, 0.29) is 5.56 Å². The maximum absolute atomic E-state index is 10.6. The van der Waals surface area contributed by atoms with Crippen LogP contribution in [0.25, 0.3) is 0 Å². The van der Waals surface area contributed by atoms with E-state index in [0.29, 0.717) is 11.5 Å². The zero-order chi connectivity index (χ0) is 13.1. The molecule has 0 saturated heterocycles. The Morgan fingerprint density at radius 3 is 2.60 bits per heavy atom. The highest BCUT2D eigenvalue weighted by Crippen LogP contribution is 2.27. The second-order valence-electron chi connectivity index (χ2n) is 2.82. The molecular weight excluding hydrogens is 196 g/mol. The van der Waals surface area contributed by atoms with Gasteiger partial charge in [-0.15, -0.1) is 0 Å². The molecule has 0 fully saturated rings. The number of carboxylic acid groups (broad SMARTS) is 1. The van der Waals surface area contributed by atoms with Crippen molar-refractivity contribution in [3.05, 3.63) is 23.8 Å². The lowest BCUT2D eigenvalue weighted by Crippen LogP contribution is -1.98. The number of hydrogen-bond donors (Lipinski definition) is 1. The molecule has 15 heavy (non-hydrogen) atoms. The number of rotatable bonds is 5. The first-order valence-corrected chi connectivity index (χ1v) is 4.35. The molecule has 0 atom stereocenters. The van der Waals surface area contributed by atoms with Crippen molar-refractivity contribution in [2.75, 3.05) is 14.2 Å². The third-order valence-electron chi connectivity index (χ3n) is 1.83. The Balaban J connectivity index is 3.10. The van der Waals surface area contributed by atoms with Gasteiger partial charge in [0.1, 0.15) is 0 Å². The van der Waals surface area contributed by atoms with Gasteiger partial charge in [-0.25, -0.2) is 0 Å². The van der Waals surface area contributed by atoms with Crippen molar-refractivity contribution in [1.29, 1.82) is 0 Å². The van der Waals surface area contributed by atoms with Gasteiger partial charge < -0.3 is 14.6 Å². The molecule has 1 rings (SSSR count). The van der Waals surface area contributed by atoms with Gasteiger partial charge in [0, 0.05) is 9.16 Å². The van der Waals surface area contributed by atoms with Crippen LogP contribution in [0.2, 0.25) is 0 Å². The molecule has 1 aromatic carbocycles. The maximum Gasteiger partial charge on any atom is 0.303 e. The molecule has 0 aromatic heterocycles. The summed E-state index contributed by atoms with van der Waals surface area (Å²) in [5.74, 6) is -0.341. The molecule has 0 saturated carbocycles. The quantitative estimate of drug-likeness (QED) is 0.807. The van der Waals surface area contributed by atoms with E-state index in [2.05, 4.69) is 0 Å². The van der Waals surface area contributed by atoms with Crippen LogP contribution in [0.5, 0.6) is 11.5 Å². The van der Waals surface area contributed by atoms with Crippen LogP contribution in [0.15, 0.2) is 18.2 Å². The molecule has 0 heterocycles. The van der Waals surface area contributed by atoms with Crippen LogP contribution in [0, 0.1) is 0 Å². The van der Waals surface area contributed by atoms with E-state index in [9.17, 15) is 4.79 Å². The third kappa shape index (κ3) is 3.16. The Labute approximate surface area is 91.2 Å². The van der Waals surface area contributed by atoms with Gasteiger partial charge in [0.05, 0.1) is 14.2 Å². The number of ether oxygens (including phenoxy) is 2. The smallest absolute Gasteiger partial charge is 0.303 e. The Bertz CT molecular complexity index is 418. The lowest BCUT2D eigenvalue weighted by Gasteiger charge is -2.08. The van der Waals surface area contributed by atoms with E-state index < -0.39 is 18.8 Å². The number of aryl methyl sites for hydroxylation is 1. The molecule has 4 nitrogen and oxygen atoms in total. The van der Waals surface area contributed by atoms with Crippen molar-refractivity contribution >= 4 is 5.97 Å². The number of benzene rings is 1. The highest BCUT2D eigenvalue weighted by molar-refractivity contribution is 5.67. The summed E-state index contributed by atoms with van der Waals surface area (Å²) < 4.78 is 25.4. The highest BCUT2D eigenvalue weighted by atomic mass is 16.5. The van der Waals surface area contributed by atoms with Gasteiger partial charge in [-0.05, 0) is 24.1 Å². The summed E-state index contributed by atoms with van der Waals surface area (Å²) >= 11 is 0. The molecule has 82 valence electrons. The zero-order valence-corrected chi connectivity index (χ0v) is 8.61. The van der Waals surface area contributed by atoms with Crippen LogP contribution >= 0.6 is 0 Å². The molecule has 0 aliphatic carbocycles. The first kappa shape index (κ1) is 8.59. The van der Waals surface area contributed by atoms with E-state index in [1.807, 2.05) is 0 Å². The van der Waals surface area contributed by atoms with Gasteiger partial charge in [0.25, 0.3) is 0 Å². The van der Waals surface area contributed by atoms with Gasteiger partial charge >= 0.3 is 5.97 Å². The fourth-order valence-electron chi connectivity index (χ4n) is 1.12. The minimum Gasteiger partial charge on any atom is -0.493 e. The van der Waals surface area contributed by atoms with Crippen LogP contribution in [-0.4, -0.2) is 25.3 Å². The zero-order valence-electron chi connectivity index (χ0n) is 10.6. The first-order valence-electron chi connectivity index (χ1n) is 5.35. The summed E-state index contributed by atoms with van der Waals surface area (Å²) in [4.78, 5) is 10.6. The van der Waals surface area contributed by atoms with Gasteiger partial charge in [0.15, 0.2) is 11.5 Å². The summed E-state index contributed by atoms with van der Waals surface area (Å²) in [5.41, 5.74) is 0.248. The predicted octanol–water partition coefficient (Wildman–Crippen LogP) is 1.72. The lowest BCUT2D eigenvalue weighted by atomic mass is 10.1. The van der Waals surface area contributed by atoms with Gasteiger partial charge in [-0.2, -0.15) is 0 Å². The topological polar surface area (TPSA) is 55.8 Å². The van der Waals surface area contributed by atoms with Crippen molar-refractivity contribution < 1.29 is 22.1 Å². The number of carbonyl (C=O) groups is 1. The van der Waals surface area contributed by atoms with Gasteiger partial charge in [-0.3, -0.25) is 4.79 Å². The molecule has 0 bridgehead atoms. The number of methoxy groups -OCH3 is 2. The van der Waals surface area contributed by atoms with Crippen molar-refractivity contribution in [3.63, 3.8) is 0 Å². The van der Waals surface area contributed by atoms with E-state index in [4.69, 9.17) is 17.3 Å². The van der Waals surface area contributed by atoms with E-state index in [1.54, 1.807) is 6.07 Å². The summed E-state index contributed by atoms with van der Waals surface area (Å²) in [6.07, 6.45) is -2.53. The molecule has 4 heteroatoms. The number of hydrogen-bond acceptors (Lipinski definition) is 3. The number of carboxylic acids is 1. The Morgan fingerprint density at radius 1 is 1.40 bits per heavy atom. The summed E-state index contributed by atoms with van der Waals surface area (Å²) in [6, 6.07) is 4.49. The maximum atomic E-state index is 10.6. The molecule has 0 radical (unpaired) electrons. The first-order chi connectivity index (χ1) is 7.90. The minimum absolute atomic E-state index is 0.248. The second-order valence-corrected chi connectivity index (χ2v) is 2.82. The Kier molecular flexibility index (Phi) is 3.00. The molecule has 0 amide bonds. The van der Waals surface area contributed by atoms with Crippen molar-refractivity contribution in [1.82, 2.24) is 0 Å². The fourth-order valence-corrected chi connectivity index (χ4v) is 1.12. The monoisotopic (exact) mass is 212 g/mol. The number of aliphatic carboxylic acids is 1. The van der Waals surface area contributed by atoms with Crippen molar-refractivity contribution in [3.8, 4) is 11.5 Å². The van der Waals surface area contributed by atoms with E-state index in [1.165, 1.54) is 26.4 Å². The highest BCUT2D eigenvalue weighted by Gasteiger charge is 2.05. The molecule has 1 aromatic rings. The van der Waals surface area contributed by atoms with Gasteiger partial charge in [-0.1, -0.05) is 6.07 Å². The van der Waals surface area contributed by atoms with Crippen LogP contribution < -0.4 is 9.47 Å². The van der Waals surface area contributed by atoms with E-state index >= 15 is 0 Å². The lowest BCUT2D eigenvalue weighted by molar-refractivity contribution is -0.136. The standard InChI is InChI=1S/C11H14O4/c1-14-9-5-3-8(4-6-11(12)13)7-10(9)15-2/h3,5,7H,4,6H2,1-2H3,(H,12,13)/i4D2. The van der Waals surface area contributed by atoms with Crippen molar-refractivity contribution in [2.24, 2.45) is 0 Å². The summed E-state index contributed by atoms with van der Waals surface area (Å²) in [5, 5.41) is 8.64. The summed E-state index contributed by atoms with van der Waals surface area (Å²) in [6.45, 7) is 0. The molecular formula is C11H14O4. The Hall–Kier alpha value is -1.71. The Morgan fingerprint density at radius 2 is 2.07 bits per heavy atom. The molecule has 1 N–H and O–H groups in total. The SMILES string of the molecule is [2H]C([2H])(CC(=O)O)c1ccc(OC)c(OC)c1. The average molecular weight is 212 g/mol. The van der Waals surface area contributed by atoms with Crippen LogP contribution in [0.1, 0.15) is 14.7 Å². The fraction of sp³-hybridized carbons (Fsp3) is 0.364. The average Bonchev–Trinajstić information content (AvgIpc) is 2.26. The van der Waals surface area contributed by atoms with E-state index in [0.717, 1.165) is 0 Å². The van der Waals surface area contributed by atoms with Crippen molar-refractivity contribution in [2.45, 2.75) is 12.8 Å². The van der Waals surface area contributed by atoms with Crippen LogP contribution in [-0.2, 0) is 11.2 Å².